The topological polar surface area (TPSA) is 42.2 Å². The molecule has 3 rings (SSSR count). The molecule has 0 radical (unpaired) electrons. The zero-order valence-electron chi connectivity index (χ0n) is 12.0. The lowest BCUT2D eigenvalue weighted by Crippen LogP contribution is -2.30. The molecule has 3 nitrogen and oxygen atoms in total. The minimum atomic E-state index is -0.881. The Hall–Kier alpha value is -2.47. The van der Waals surface area contributed by atoms with Crippen LogP contribution in [0.4, 0.5) is 8.78 Å². The van der Waals surface area contributed by atoms with Crippen molar-refractivity contribution in [3.05, 3.63) is 81.9 Å². The van der Waals surface area contributed by atoms with Gasteiger partial charge in [-0.25, -0.2) is 8.78 Å². The highest BCUT2D eigenvalue weighted by Gasteiger charge is 2.22. The minimum absolute atomic E-state index is 0.181. The molecule has 1 amide bonds. The van der Waals surface area contributed by atoms with E-state index in [1.807, 2.05) is 17.5 Å². The largest absolute Gasteiger partial charge is 0.469 e. The number of hydrogen-bond donors (Lipinski definition) is 1. The standard InChI is InChI=1S/C17H13F2NO2S/c18-12-4-1-5-13(19)16(12)17(21)20-10-11(14-6-2-8-22-14)15-7-3-9-23-15/h1-9,11H,10H2,(H,20,21). The van der Waals surface area contributed by atoms with Crippen LogP contribution in [0, 0.1) is 11.6 Å². The number of halogens is 2. The van der Waals surface area contributed by atoms with Crippen LogP contribution < -0.4 is 5.32 Å². The Labute approximate surface area is 135 Å². The second kappa shape index (κ2) is 6.75. The fourth-order valence-corrected chi connectivity index (χ4v) is 3.15. The van der Waals surface area contributed by atoms with E-state index < -0.39 is 23.1 Å². The lowest BCUT2D eigenvalue weighted by Gasteiger charge is -2.14. The number of rotatable bonds is 5. The van der Waals surface area contributed by atoms with Gasteiger partial charge in [0.25, 0.3) is 5.91 Å². The molecule has 0 spiro atoms. The van der Waals surface area contributed by atoms with Gasteiger partial charge in [-0.15, -0.1) is 11.3 Å². The van der Waals surface area contributed by atoms with E-state index in [0.717, 1.165) is 17.0 Å². The predicted octanol–water partition coefficient (Wildman–Crippen LogP) is 4.18. The molecule has 2 aromatic heterocycles. The summed E-state index contributed by atoms with van der Waals surface area (Å²) < 4.78 is 32.7. The lowest BCUT2D eigenvalue weighted by atomic mass is 10.0. The van der Waals surface area contributed by atoms with Gasteiger partial charge in [-0.05, 0) is 35.7 Å². The summed E-state index contributed by atoms with van der Waals surface area (Å²) in [5.41, 5.74) is -0.572. The summed E-state index contributed by atoms with van der Waals surface area (Å²) in [4.78, 5) is 13.1. The Morgan fingerprint density at radius 1 is 1.13 bits per heavy atom. The van der Waals surface area contributed by atoms with E-state index in [1.54, 1.807) is 18.4 Å². The number of nitrogens with one attached hydrogen (secondary N) is 1. The van der Waals surface area contributed by atoms with Crippen molar-refractivity contribution in [1.29, 1.82) is 0 Å². The number of carbonyl (C=O) groups is 1. The third-order valence-electron chi connectivity index (χ3n) is 3.43. The zero-order valence-corrected chi connectivity index (χ0v) is 12.8. The molecule has 3 aromatic rings. The quantitative estimate of drug-likeness (QED) is 0.761. The maximum Gasteiger partial charge on any atom is 0.257 e. The van der Waals surface area contributed by atoms with Gasteiger partial charge in [0.2, 0.25) is 0 Å². The van der Waals surface area contributed by atoms with Crippen LogP contribution in [-0.4, -0.2) is 12.5 Å². The first-order valence-corrected chi connectivity index (χ1v) is 7.84. The van der Waals surface area contributed by atoms with E-state index in [0.29, 0.717) is 5.76 Å². The average molecular weight is 333 g/mol. The summed E-state index contributed by atoms with van der Waals surface area (Å²) in [6.45, 7) is 0.181. The van der Waals surface area contributed by atoms with E-state index in [9.17, 15) is 13.6 Å². The summed E-state index contributed by atoms with van der Waals surface area (Å²) in [5, 5.41) is 4.51. The SMILES string of the molecule is O=C(NCC(c1ccco1)c1cccs1)c1c(F)cccc1F. The van der Waals surface area contributed by atoms with Crippen LogP contribution in [0.2, 0.25) is 0 Å². The number of carbonyl (C=O) groups excluding carboxylic acids is 1. The molecule has 23 heavy (non-hydrogen) atoms. The Bertz CT molecular complexity index is 731. The van der Waals surface area contributed by atoms with Crippen LogP contribution in [0.3, 0.4) is 0 Å². The van der Waals surface area contributed by atoms with Crippen molar-refractivity contribution in [2.45, 2.75) is 5.92 Å². The Balaban J connectivity index is 1.78. The summed E-state index contributed by atoms with van der Waals surface area (Å²) in [6, 6.07) is 10.7. The van der Waals surface area contributed by atoms with Crippen LogP contribution in [-0.2, 0) is 0 Å². The molecule has 0 aliphatic carbocycles. The van der Waals surface area contributed by atoms with Gasteiger partial charge in [-0.1, -0.05) is 12.1 Å². The number of amides is 1. The first-order chi connectivity index (χ1) is 11.2. The summed E-state index contributed by atoms with van der Waals surface area (Å²) in [7, 11) is 0. The molecule has 1 atom stereocenters. The monoisotopic (exact) mass is 333 g/mol. The van der Waals surface area contributed by atoms with E-state index in [-0.39, 0.29) is 12.5 Å². The third kappa shape index (κ3) is 3.32. The molecule has 0 fully saturated rings. The molecule has 1 N–H and O–H groups in total. The molecule has 1 aromatic carbocycles. The van der Waals surface area contributed by atoms with Gasteiger partial charge in [0, 0.05) is 11.4 Å². The van der Waals surface area contributed by atoms with Crippen molar-refractivity contribution < 1.29 is 18.0 Å². The number of benzene rings is 1. The number of hydrogen-bond acceptors (Lipinski definition) is 3. The minimum Gasteiger partial charge on any atom is -0.469 e. The van der Waals surface area contributed by atoms with Gasteiger partial charge in [-0.3, -0.25) is 4.79 Å². The number of thiophene rings is 1. The van der Waals surface area contributed by atoms with E-state index in [4.69, 9.17) is 4.42 Å². The van der Waals surface area contributed by atoms with E-state index in [1.165, 1.54) is 17.4 Å². The molecule has 2 heterocycles. The Morgan fingerprint density at radius 3 is 2.52 bits per heavy atom. The van der Waals surface area contributed by atoms with Gasteiger partial charge in [0.05, 0.1) is 12.2 Å². The first kappa shape index (κ1) is 15.4. The van der Waals surface area contributed by atoms with Crippen molar-refractivity contribution in [1.82, 2.24) is 5.32 Å². The Kier molecular flexibility index (Phi) is 4.52. The summed E-state index contributed by atoms with van der Waals surface area (Å²) >= 11 is 1.52. The molecule has 6 heteroatoms. The molecule has 1 unspecified atom stereocenters. The van der Waals surface area contributed by atoms with Crippen molar-refractivity contribution >= 4 is 17.2 Å². The van der Waals surface area contributed by atoms with Gasteiger partial charge in [0.1, 0.15) is 23.0 Å². The summed E-state index contributed by atoms with van der Waals surface area (Å²) in [6.07, 6.45) is 1.55. The molecule has 0 aliphatic heterocycles. The van der Waals surface area contributed by atoms with Crippen LogP contribution in [0.15, 0.2) is 58.5 Å². The van der Waals surface area contributed by atoms with E-state index in [2.05, 4.69) is 5.32 Å². The third-order valence-corrected chi connectivity index (χ3v) is 4.42. The first-order valence-electron chi connectivity index (χ1n) is 6.96. The van der Waals surface area contributed by atoms with Crippen LogP contribution in [0.5, 0.6) is 0 Å². The highest BCUT2D eigenvalue weighted by Crippen LogP contribution is 2.28. The van der Waals surface area contributed by atoms with Gasteiger partial charge < -0.3 is 9.73 Å². The molecule has 0 bridgehead atoms. The average Bonchev–Trinajstić information content (AvgIpc) is 3.21. The fraction of sp³-hybridized carbons (Fsp3) is 0.118. The van der Waals surface area contributed by atoms with Gasteiger partial charge in [0.15, 0.2) is 0 Å². The van der Waals surface area contributed by atoms with Crippen LogP contribution >= 0.6 is 11.3 Å². The second-order valence-corrected chi connectivity index (χ2v) is 5.87. The molecule has 0 aliphatic rings. The van der Waals surface area contributed by atoms with Crippen molar-refractivity contribution in [3.63, 3.8) is 0 Å². The summed E-state index contributed by atoms with van der Waals surface area (Å²) in [5.74, 6) is -2.07. The van der Waals surface area contributed by atoms with Gasteiger partial charge in [-0.2, -0.15) is 0 Å². The number of furan rings is 1. The molecule has 0 saturated carbocycles. The molecule has 118 valence electrons. The van der Waals surface area contributed by atoms with Crippen LogP contribution in [0.1, 0.15) is 26.9 Å². The maximum absolute atomic E-state index is 13.7. The van der Waals surface area contributed by atoms with Crippen LogP contribution in [0.25, 0.3) is 0 Å². The lowest BCUT2D eigenvalue weighted by molar-refractivity contribution is 0.0943. The van der Waals surface area contributed by atoms with E-state index >= 15 is 0 Å². The fourth-order valence-electron chi connectivity index (χ4n) is 2.32. The zero-order chi connectivity index (χ0) is 16.2. The maximum atomic E-state index is 13.7. The van der Waals surface area contributed by atoms with Gasteiger partial charge >= 0.3 is 0 Å². The Morgan fingerprint density at radius 2 is 1.91 bits per heavy atom. The highest BCUT2D eigenvalue weighted by molar-refractivity contribution is 7.10. The van der Waals surface area contributed by atoms with Crippen molar-refractivity contribution in [2.24, 2.45) is 0 Å². The van der Waals surface area contributed by atoms with Crippen molar-refractivity contribution in [2.75, 3.05) is 6.54 Å². The smallest absolute Gasteiger partial charge is 0.257 e. The predicted molar refractivity (Wildman–Crippen MR) is 83.6 cm³/mol. The second-order valence-electron chi connectivity index (χ2n) is 4.89. The molecular weight excluding hydrogens is 320 g/mol. The highest BCUT2D eigenvalue weighted by atomic mass is 32.1. The normalized spacial score (nSPS) is 12.1. The molecule has 0 saturated heterocycles. The van der Waals surface area contributed by atoms with Crippen molar-refractivity contribution in [3.8, 4) is 0 Å². The molecular formula is C17H13F2NO2S.